The molecule has 1 aliphatic heterocycles. The van der Waals surface area contributed by atoms with Gasteiger partial charge in [-0.1, -0.05) is 47.7 Å². The summed E-state index contributed by atoms with van der Waals surface area (Å²) < 4.78 is 40.0. The van der Waals surface area contributed by atoms with Gasteiger partial charge in [-0.25, -0.2) is 9.78 Å². The summed E-state index contributed by atoms with van der Waals surface area (Å²) in [5.74, 6) is 0. The number of carbonyl (C=O) groups excluding carboxylic acids is 1. The lowest BCUT2D eigenvalue weighted by Gasteiger charge is -2.34. The van der Waals surface area contributed by atoms with Crippen LogP contribution in [0.25, 0.3) is 15.5 Å². The highest BCUT2D eigenvalue weighted by Gasteiger charge is 2.30. The first-order valence-corrected chi connectivity index (χ1v) is 12.0. The summed E-state index contributed by atoms with van der Waals surface area (Å²) >= 11 is 1.34. The third-order valence-electron chi connectivity index (χ3n) is 5.81. The Balaban J connectivity index is 1.21. The van der Waals surface area contributed by atoms with Crippen LogP contribution in [0, 0.1) is 0 Å². The molecular weight excluding hydrogens is 493 g/mol. The standard InChI is InChI=1S/C24H21F3N6O2S/c25-24(26,27)17-7-4-8-18(13-17)28-22(35)32-11-9-31(10-12-32)15-19-14-20(34)33-23(29-19)36-21(30-33)16-5-2-1-3-6-16/h1-8,13-14H,9-12,15H2,(H,28,35). The fourth-order valence-corrected chi connectivity index (χ4v) is 4.88. The van der Waals surface area contributed by atoms with Crippen LogP contribution in [-0.4, -0.2) is 56.6 Å². The normalized spacial score (nSPS) is 14.8. The SMILES string of the molecule is O=C(Nc1cccc(C(F)(F)F)c1)N1CCN(Cc2cc(=O)n3nc(-c4ccccc4)sc3n2)CC1. The van der Waals surface area contributed by atoms with E-state index in [0.29, 0.717) is 48.4 Å². The Labute approximate surface area is 207 Å². The molecule has 0 atom stereocenters. The van der Waals surface area contributed by atoms with E-state index in [1.165, 1.54) is 34.1 Å². The molecule has 8 nitrogen and oxygen atoms in total. The number of fused-ring (bicyclic) bond motifs is 1. The van der Waals surface area contributed by atoms with E-state index < -0.39 is 17.8 Å². The molecule has 0 unspecified atom stereocenters. The molecule has 3 heterocycles. The van der Waals surface area contributed by atoms with E-state index in [1.54, 1.807) is 4.90 Å². The summed E-state index contributed by atoms with van der Waals surface area (Å²) in [6.45, 7) is 2.30. The average molecular weight is 515 g/mol. The van der Waals surface area contributed by atoms with Crippen LogP contribution in [0.1, 0.15) is 11.3 Å². The number of urea groups is 1. The van der Waals surface area contributed by atoms with E-state index >= 15 is 0 Å². The summed E-state index contributed by atoms with van der Waals surface area (Å²) in [6, 6.07) is 15.1. The van der Waals surface area contributed by atoms with Crippen molar-refractivity contribution in [1.82, 2.24) is 24.4 Å². The van der Waals surface area contributed by atoms with E-state index in [1.807, 2.05) is 30.3 Å². The van der Waals surface area contributed by atoms with Gasteiger partial charge in [0.1, 0.15) is 5.01 Å². The predicted molar refractivity (Wildman–Crippen MR) is 130 cm³/mol. The number of benzene rings is 2. The van der Waals surface area contributed by atoms with Gasteiger partial charge in [-0.3, -0.25) is 9.69 Å². The molecule has 5 rings (SSSR count). The van der Waals surface area contributed by atoms with Crippen LogP contribution >= 0.6 is 11.3 Å². The van der Waals surface area contributed by atoms with E-state index in [2.05, 4.69) is 20.3 Å². The monoisotopic (exact) mass is 514 g/mol. The van der Waals surface area contributed by atoms with Crippen molar-refractivity contribution >= 4 is 28.0 Å². The van der Waals surface area contributed by atoms with Gasteiger partial charge in [0.15, 0.2) is 0 Å². The summed E-state index contributed by atoms with van der Waals surface area (Å²) in [7, 11) is 0. The number of alkyl halides is 3. The number of rotatable bonds is 4. The number of hydrogen-bond acceptors (Lipinski definition) is 6. The zero-order chi connectivity index (χ0) is 25.3. The number of anilines is 1. The highest BCUT2D eigenvalue weighted by Crippen LogP contribution is 2.30. The summed E-state index contributed by atoms with van der Waals surface area (Å²) in [4.78, 5) is 33.9. The molecule has 1 saturated heterocycles. The first-order valence-electron chi connectivity index (χ1n) is 11.2. The molecule has 1 N–H and O–H groups in total. The van der Waals surface area contributed by atoms with Crippen molar-refractivity contribution in [2.75, 3.05) is 31.5 Å². The molecule has 0 aliphatic carbocycles. The minimum atomic E-state index is -4.48. The molecule has 36 heavy (non-hydrogen) atoms. The van der Waals surface area contributed by atoms with Crippen molar-refractivity contribution in [2.24, 2.45) is 0 Å². The fourth-order valence-electron chi connectivity index (χ4n) is 3.95. The number of amides is 2. The molecule has 0 spiro atoms. The van der Waals surface area contributed by atoms with Crippen LogP contribution in [0.15, 0.2) is 65.5 Å². The number of aromatic nitrogens is 3. The van der Waals surface area contributed by atoms with Crippen LogP contribution < -0.4 is 10.9 Å². The maximum Gasteiger partial charge on any atom is 0.416 e. The van der Waals surface area contributed by atoms with E-state index in [0.717, 1.165) is 17.7 Å². The number of nitrogens with zero attached hydrogens (tertiary/aromatic N) is 5. The molecule has 1 aliphatic rings. The summed E-state index contributed by atoms with van der Waals surface area (Å²) in [5, 5.41) is 7.63. The Morgan fingerprint density at radius 2 is 1.75 bits per heavy atom. The predicted octanol–water partition coefficient (Wildman–Crippen LogP) is 4.19. The van der Waals surface area contributed by atoms with Crippen LogP contribution in [0.5, 0.6) is 0 Å². The van der Waals surface area contributed by atoms with Crippen LogP contribution in [0.4, 0.5) is 23.7 Å². The van der Waals surface area contributed by atoms with Gasteiger partial charge in [0.25, 0.3) is 5.56 Å². The van der Waals surface area contributed by atoms with Gasteiger partial charge in [-0.2, -0.15) is 22.8 Å². The molecule has 2 amide bonds. The molecule has 2 aromatic heterocycles. The lowest BCUT2D eigenvalue weighted by Crippen LogP contribution is -2.49. The van der Waals surface area contributed by atoms with Crippen molar-refractivity contribution in [3.8, 4) is 10.6 Å². The Hall–Kier alpha value is -3.77. The minimum absolute atomic E-state index is 0.0923. The average Bonchev–Trinajstić information content (AvgIpc) is 3.30. The van der Waals surface area contributed by atoms with Crippen molar-refractivity contribution in [1.29, 1.82) is 0 Å². The molecule has 0 saturated carbocycles. The second-order valence-electron chi connectivity index (χ2n) is 8.33. The number of nitrogens with one attached hydrogen (secondary N) is 1. The van der Waals surface area contributed by atoms with E-state index in [4.69, 9.17) is 0 Å². The van der Waals surface area contributed by atoms with Gasteiger partial charge in [-0.05, 0) is 18.2 Å². The maximum atomic E-state index is 12.9. The molecule has 2 aromatic carbocycles. The topological polar surface area (TPSA) is 82.8 Å². The third-order valence-corrected chi connectivity index (χ3v) is 6.76. The van der Waals surface area contributed by atoms with Crippen molar-refractivity contribution in [2.45, 2.75) is 12.7 Å². The van der Waals surface area contributed by atoms with Crippen molar-refractivity contribution in [3.05, 3.63) is 82.3 Å². The minimum Gasteiger partial charge on any atom is -0.322 e. The van der Waals surface area contributed by atoms with Crippen LogP contribution in [0.2, 0.25) is 0 Å². The lowest BCUT2D eigenvalue weighted by molar-refractivity contribution is -0.137. The molecule has 1 fully saturated rings. The first kappa shape index (κ1) is 23.9. The fraction of sp³-hybridized carbons (Fsp3) is 0.250. The Kier molecular flexibility index (Phi) is 6.46. The highest BCUT2D eigenvalue weighted by molar-refractivity contribution is 7.19. The van der Waals surface area contributed by atoms with Gasteiger partial charge in [0, 0.05) is 50.0 Å². The molecule has 0 bridgehead atoms. The second kappa shape index (κ2) is 9.70. The van der Waals surface area contributed by atoms with Gasteiger partial charge in [0.05, 0.1) is 11.3 Å². The zero-order valence-electron chi connectivity index (χ0n) is 18.9. The van der Waals surface area contributed by atoms with Gasteiger partial charge in [0.2, 0.25) is 4.96 Å². The largest absolute Gasteiger partial charge is 0.416 e. The molecule has 12 heteroatoms. The van der Waals surface area contributed by atoms with Gasteiger partial charge in [-0.15, -0.1) is 0 Å². The van der Waals surface area contributed by atoms with Crippen molar-refractivity contribution in [3.63, 3.8) is 0 Å². The number of hydrogen-bond donors (Lipinski definition) is 1. The summed E-state index contributed by atoms with van der Waals surface area (Å²) in [6.07, 6.45) is -4.48. The Morgan fingerprint density at radius 1 is 1.00 bits per heavy atom. The Bertz CT molecular complexity index is 1450. The zero-order valence-corrected chi connectivity index (χ0v) is 19.7. The van der Waals surface area contributed by atoms with Gasteiger partial charge < -0.3 is 10.2 Å². The van der Waals surface area contributed by atoms with Crippen molar-refractivity contribution < 1.29 is 18.0 Å². The molecule has 0 radical (unpaired) electrons. The first-order chi connectivity index (χ1) is 17.3. The van der Waals surface area contributed by atoms with E-state index in [9.17, 15) is 22.8 Å². The van der Waals surface area contributed by atoms with Crippen LogP contribution in [-0.2, 0) is 12.7 Å². The molecular formula is C24H21F3N6O2S. The second-order valence-corrected chi connectivity index (χ2v) is 9.28. The van der Waals surface area contributed by atoms with Gasteiger partial charge >= 0.3 is 12.2 Å². The summed E-state index contributed by atoms with van der Waals surface area (Å²) in [5.41, 5.74) is 0.545. The lowest BCUT2D eigenvalue weighted by atomic mass is 10.2. The Morgan fingerprint density at radius 3 is 2.47 bits per heavy atom. The highest BCUT2D eigenvalue weighted by atomic mass is 32.1. The number of halogens is 3. The number of piperazine rings is 1. The third kappa shape index (κ3) is 5.24. The quantitative estimate of drug-likeness (QED) is 0.442. The molecule has 4 aromatic rings. The van der Waals surface area contributed by atoms with Crippen LogP contribution in [0.3, 0.4) is 0 Å². The molecule has 186 valence electrons. The number of carbonyl (C=O) groups is 1. The smallest absolute Gasteiger partial charge is 0.322 e. The van der Waals surface area contributed by atoms with E-state index in [-0.39, 0.29) is 11.2 Å². The maximum absolute atomic E-state index is 12.9.